The van der Waals surface area contributed by atoms with Crippen LogP contribution in [0, 0.1) is 12.3 Å². The number of amides is 1. The Bertz CT molecular complexity index is 938. The standard InChI is InChI=1S/C22H25NO4/c1-13-19-17(24)11-22(2,3)12-18(19)27-20(13)21(25)23-9-5-6-14-10-15(26-4)7-8-16(14)23/h7-8,10H,5-6,9,11-12H2,1-4H3. The zero-order chi connectivity index (χ0) is 19.3. The number of hydrogen-bond acceptors (Lipinski definition) is 4. The molecule has 1 aliphatic carbocycles. The van der Waals surface area contributed by atoms with Crippen molar-refractivity contribution in [3.05, 3.63) is 46.4 Å². The predicted octanol–water partition coefficient (Wildman–Crippen LogP) is 4.34. The van der Waals surface area contributed by atoms with E-state index in [1.54, 1.807) is 12.0 Å². The molecule has 0 radical (unpaired) electrons. The Balaban J connectivity index is 1.73. The van der Waals surface area contributed by atoms with Crippen LogP contribution in [0.2, 0.25) is 0 Å². The lowest BCUT2D eigenvalue weighted by Crippen LogP contribution is -2.35. The van der Waals surface area contributed by atoms with Gasteiger partial charge in [-0.3, -0.25) is 9.59 Å². The number of fused-ring (bicyclic) bond motifs is 2. The van der Waals surface area contributed by atoms with Crippen LogP contribution in [0.15, 0.2) is 22.6 Å². The van der Waals surface area contributed by atoms with E-state index in [0.717, 1.165) is 29.8 Å². The minimum Gasteiger partial charge on any atom is -0.497 e. The van der Waals surface area contributed by atoms with Gasteiger partial charge in [-0.1, -0.05) is 13.8 Å². The highest BCUT2D eigenvalue weighted by Gasteiger charge is 2.38. The summed E-state index contributed by atoms with van der Waals surface area (Å²) in [6, 6.07) is 5.79. The average Bonchev–Trinajstić information content (AvgIpc) is 2.95. The van der Waals surface area contributed by atoms with E-state index < -0.39 is 0 Å². The highest BCUT2D eigenvalue weighted by Crippen LogP contribution is 2.39. The first-order valence-electron chi connectivity index (χ1n) is 9.45. The number of ether oxygens (including phenoxy) is 1. The Kier molecular flexibility index (Phi) is 4.13. The van der Waals surface area contributed by atoms with Crippen molar-refractivity contribution < 1.29 is 18.7 Å². The zero-order valence-electron chi connectivity index (χ0n) is 16.3. The fourth-order valence-electron chi connectivity index (χ4n) is 4.32. The van der Waals surface area contributed by atoms with Crippen LogP contribution < -0.4 is 9.64 Å². The molecule has 1 amide bonds. The van der Waals surface area contributed by atoms with Gasteiger partial charge < -0.3 is 14.1 Å². The first-order valence-corrected chi connectivity index (χ1v) is 9.45. The van der Waals surface area contributed by atoms with Crippen molar-refractivity contribution in [2.75, 3.05) is 18.6 Å². The molecule has 142 valence electrons. The number of carbonyl (C=O) groups is 2. The molecule has 2 aliphatic rings. The monoisotopic (exact) mass is 367 g/mol. The molecule has 0 N–H and O–H groups in total. The molecule has 0 spiro atoms. The number of ketones is 1. The van der Waals surface area contributed by atoms with Crippen LogP contribution in [-0.2, 0) is 12.8 Å². The van der Waals surface area contributed by atoms with Gasteiger partial charge in [-0.2, -0.15) is 0 Å². The number of benzene rings is 1. The van der Waals surface area contributed by atoms with Gasteiger partial charge in [-0.25, -0.2) is 0 Å². The topological polar surface area (TPSA) is 59.8 Å². The Morgan fingerprint density at radius 3 is 2.78 bits per heavy atom. The van der Waals surface area contributed by atoms with E-state index in [4.69, 9.17) is 9.15 Å². The first-order chi connectivity index (χ1) is 12.8. The summed E-state index contributed by atoms with van der Waals surface area (Å²) in [6.07, 6.45) is 2.96. The number of Topliss-reactive ketones (excluding diaryl/α,β-unsaturated/α-hetero) is 1. The van der Waals surface area contributed by atoms with Crippen LogP contribution in [0.4, 0.5) is 5.69 Å². The highest BCUT2D eigenvalue weighted by molar-refractivity contribution is 6.09. The van der Waals surface area contributed by atoms with Gasteiger partial charge in [-0.05, 0) is 48.9 Å². The van der Waals surface area contributed by atoms with Crippen molar-refractivity contribution in [2.45, 2.75) is 46.5 Å². The number of hydrogen-bond donors (Lipinski definition) is 0. The van der Waals surface area contributed by atoms with Gasteiger partial charge in [0, 0.05) is 30.6 Å². The van der Waals surface area contributed by atoms with Crippen molar-refractivity contribution in [2.24, 2.45) is 5.41 Å². The predicted molar refractivity (Wildman–Crippen MR) is 103 cm³/mol. The summed E-state index contributed by atoms with van der Waals surface area (Å²) in [5, 5.41) is 0. The summed E-state index contributed by atoms with van der Waals surface area (Å²) >= 11 is 0. The molecule has 2 heterocycles. The number of nitrogens with zero attached hydrogens (tertiary/aromatic N) is 1. The lowest BCUT2D eigenvalue weighted by atomic mass is 9.76. The molecule has 1 aromatic heterocycles. The third kappa shape index (κ3) is 2.95. The maximum atomic E-state index is 13.3. The smallest absolute Gasteiger partial charge is 0.294 e. The van der Waals surface area contributed by atoms with E-state index in [9.17, 15) is 9.59 Å². The van der Waals surface area contributed by atoms with Gasteiger partial charge in [0.1, 0.15) is 11.5 Å². The summed E-state index contributed by atoms with van der Waals surface area (Å²) in [4.78, 5) is 27.7. The Morgan fingerprint density at radius 1 is 1.26 bits per heavy atom. The van der Waals surface area contributed by atoms with Gasteiger partial charge in [0.25, 0.3) is 5.91 Å². The maximum Gasteiger partial charge on any atom is 0.294 e. The van der Waals surface area contributed by atoms with Crippen LogP contribution in [-0.4, -0.2) is 25.3 Å². The molecule has 5 heteroatoms. The second-order valence-corrected chi connectivity index (χ2v) is 8.35. The molecule has 0 saturated carbocycles. The number of aryl methyl sites for hydroxylation is 1. The number of anilines is 1. The minimum absolute atomic E-state index is 0.0744. The molecule has 0 fully saturated rings. The van der Waals surface area contributed by atoms with Crippen LogP contribution in [0.3, 0.4) is 0 Å². The van der Waals surface area contributed by atoms with Crippen LogP contribution >= 0.6 is 0 Å². The van der Waals surface area contributed by atoms with E-state index in [0.29, 0.717) is 42.0 Å². The Morgan fingerprint density at radius 2 is 2.04 bits per heavy atom. The van der Waals surface area contributed by atoms with E-state index in [-0.39, 0.29) is 17.1 Å². The van der Waals surface area contributed by atoms with Crippen LogP contribution in [0.25, 0.3) is 0 Å². The molecular weight excluding hydrogens is 342 g/mol. The van der Waals surface area contributed by atoms with Gasteiger partial charge in [-0.15, -0.1) is 0 Å². The largest absolute Gasteiger partial charge is 0.497 e. The van der Waals surface area contributed by atoms with E-state index in [1.807, 2.05) is 25.1 Å². The lowest BCUT2D eigenvalue weighted by molar-refractivity contribution is 0.0895. The number of rotatable bonds is 2. The molecule has 2 aromatic rings. The number of methoxy groups -OCH3 is 1. The van der Waals surface area contributed by atoms with E-state index >= 15 is 0 Å². The Labute approximate surface area is 159 Å². The summed E-state index contributed by atoms with van der Waals surface area (Å²) in [7, 11) is 1.64. The average molecular weight is 367 g/mol. The molecular formula is C22H25NO4. The molecule has 4 rings (SSSR count). The molecule has 0 atom stereocenters. The van der Waals surface area contributed by atoms with Crippen LogP contribution in [0.1, 0.15) is 64.5 Å². The fraction of sp³-hybridized carbons (Fsp3) is 0.455. The van der Waals surface area contributed by atoms with Gasteiger partial charge in [0.05, 0.1) is 12.7 Å². The summed E-state index contributed by atoms with van der Waals surface area (Å²) < 4.78 is 11.3. The van der Waals surface area contributed by atoms with Crippen molar-refractivity contribution in [1.82, 2.24) is 0 Å². The summed E-state index contributed by atoms with van der Waals surface area (Å²) in [5.41, 5.74) is 3.15. The molecule has 0 saturated heterocycles. The molecule has 0 bridgehead atoms. The highest BCUT2D eigenvalue weighted by atomic mass is 16.5. The van der Waals surface area contributed by atoms with Gasteiger partial charge in [0.15, 0.2) is 11.5 Å². The Hall–Kier alpha value is -2.56. The van der Waals surface area contributed by atoms with Gasteiger partial charge >= 0.3 is 0 Å². The minimum atomic E-state index is -0.168. The maximum absolute atomic E-state index is 13.3. The SMILES string of the molecule is COc1ccc2c(c1)CCCN2C(=O)c1oc2c(c1C)C(=O)CC(C)(C)C2. The third-order valence-electron chi connectivity index (χ3n) is 5.62. The van der Waals surface area contributed by atoms with Crippen molar-refractivity contribution >= 4 is 17.4 Å². The van der Waals surface area contributed by atoms with Crippen molar-refractivity contribution in [3.8, 4) is 5.75 Å². The third-order valence-corrected chi connectivity index (χ3v) is 5.62. The van der Waals surface area contributed by atoms with E-state index in [2.05, 4.69) is 13.8 Å². The van der Waals surface area contributed by atoms with Crippen LogP contribution in [0.5, 0.6) is 5.75 Å². The van der Waals surface area contributed by atoms with E-state index in [1.165, 1.54) is 0 Å². The van der Waals surface area contributed by atoms with Crippen molar-refractivity contribution in [1.29, 1.82) is 0 Å². The lowest BCUT2D eigenvalue weighted by Gasteiger charge is -2.29. The normalized spacial score (nSPS) is 18.1. The summed E-state index contributed by atoms with van der Waals surface area (Å²) in [6.45, 7) is 6.58. The quantitative estimate of drug-likeness (QED) is 0.792. The molecule has 1 aliphatic heterocycles. The van der Waals surface area contributed by atoms with Crippen molar-refractivity contribution in [3.63, 3.8) is 0 Å². The second kappa shape index (κ2) is 6.25. The molecule has 1 aromatic carbocycles. The number of carbonyl (C=O) groups excluding carboxylic acids is 2. The molecule has 5 nitrogen and oxygen atoms in total. The first kappa shape index (κ1) is 17.8. The number of furan rings is 1. The second-order valence-electron chi connectivity index (χ2n) is 8.35. The molecule has 27 heavy (non-hydrogen) atoms. The van der Waals surface area contributed by atoms with Gasteiger partial charge in [0.2, 0.25) is 0 Å². The fourth-order valence-corrected chi connectivity index (χ4v) is 4.32. The zero-order valence-corrected chi connectivity index (χ0v) is 16.3. The molecule has 0 unspecified atom stereocenters. The summed E-state index contributed by atoms with van der Waals surface area (Å²) in [5.74, 6) is 1.66.